The largest absolute Gasteiger partial charge is 0.368 e. The highest BCUT2D eigenvalue weighted by atomic mass is 16.5. The second-order valence-electron chi connectivity index (χ2n) is 6.33. The lowest BCUT2D eigenvalue weighted by Gasteiger charge is -2.36. The molecule has 2 aromatic heterocycles. The van der Waals surface area contributed by atoms with Gasteiger partial charge in [-0.25, -0.2) is 9.97 Å². The number of para-hydroxylation sites is 1. The zero-order valence-electron chi connectivity index (χ0n) is 15.0. The van der Waals surface area contributed by atoms with E-state index >= 15 is 0 Å². The molecule has 0 radical (unpaired) electrons. The number of aromatic nitrogens is 3. The second kappa shape index (κ2) is 7.45. The van der Waals surface area contributed by atoms with E-state index in [1.165, 1.54) is 11.9 Å². The summed E-state index contributed by atoms with van der Waals surface area (Å²) in [6, 6.07) is 10.4. The molecule has 0 aliphatic carbocycles. The normalized spacial score (nSPS) is 14.3. The van der Waals surface area contributed by atoms with E-state index in [9.17, 15) is 4.79 Å². The Morgan fingerprint density at radius 1 is 1.00 bits per heavy atom. The van der Waals surface area contributed by atoms with Gasteiger partial charge >= 0.3 is 0 Å². The van der Waals surface area contributed by atoms with Gasteiger partial charge in [0, 0.05) is 31.9 Å². The van der Waals surface area contributed by atoms with Crippen LogP contribution in [0.15, 0.2) is 53.4 Å². The third-order valence-electron chi connectivity index (χ3n) is 4.58. The number of hydrogen-bond acceptors (Lipinski definition) is 7. The number of nitrogens with one attached hydrogen (secondary N) is 1. The van der Waals surface area contributed by atoms with Crippen molar-refractivity contribution in [2.45, 2.75) is 6.92 Å². The highest BCUT2D eigenvalue weighted by Gasteiger charge is 2.19. The lowest BCUT2D eigenvalue weighted by molar-refractivity contribution is 0.102. The van der Waals surface area contributed by atoms with Crippen molar-refractivity contribution >= 4 is 23.2 Å². The highest BCUT2D eigenvalue weighted by molar-refractivity contribution is 6.04. The molecule has 4 rings (SSSR count). The maximum atomic E-state index is 12.2. The Kier molecular flexibility index (Phi) is 4.69. The summed E-state index contributed by atoms with van der Waals surface area (Å²) >= 11 is 0. The number of anilines is 3. The van der Waals surface area contributed by atoms with Crippen molar-refractivity contribution in [3.63, 3.8) is 0 Å². The predicted octanol–water partition coefficient (Wildman–Crippen LogP) is 2.35. The molecule has 1 fully saturated rings. The third-order valence-corrected chi connectivity index (χ3v) is 4.58. The van der Waals surface area contributed by atoms with Crippen molar-refractivity contribution in [3.8, 4) is 0 Å². The monoisotopic (exact) mass is 364 g/mol. The fourth-order valence-corrected chi connectivity index (χ4v) is 3.07. The number of hydrogen-bond donors (Lipinski definition) is 1. The third kappa shape index (κ3) is 3.74. The van der Waals surface area contributed by atoms with Crippen LogP contribution in [0.2, 0.25) is 0 Å². The lowest BCUT2D eigenvalue weighted by atomic mass is 10.2. The minimum atomic E-state index is -0.290. The maximum Gasteiger partial charge on any atom is 0.260 e. The standard InChI is InChI=1S/C19H20N6O2/c1-14-17(13-22-27-14)18(26)23-15-11-20-19(21-12-15)25-9-7-24(8-10-25)16-5-3-2-4-6-16/h2-6,11-13H,7-10H2,1H3,(H,23,26). The van der Waals surface area contributed by atoms with Gasteiger partial charge in [0.1, 0.15) is 11.3 Å². The van der Waals surface area contributed by atoms with Gasteiger partial charge in [-0.1, -0.05) is 23.4 Å². The van der Waals surface area contributed by atoms with E-state index in [4.69, 9.17) is 4.52 Å². The van der Waals surface area contributed by atoms with Gasteiger partial charge in [0.05, 0.1) is 24.3 Å². The van der Waals surface area contributed by atoms with Gasteiger partial charge in [0.25, 0.3) is 5.91 Å². The number of benzene rings is 1. The quantitative estimate of drug-likeness (QED) is 0.760. The number of aryl methyl sites for hydroxylation is 1. The van der Waals surface area contributed by atoms with E-state index < -0.39 is 0 Å². The molecule has 0 atom stereocenters. The van der Waals surface area contributed by atoms with E-state index in [2.05, 4.69) is 54.5 Å². The molecule has 1 amide bonds. The Labute approximate surface area is 156 Å². The highest BCUT2D eigenvalue weighted by Crippen LogP contribution is 2.18. The number of rotatable bonds is 4. The molecular formula is C19H20N6O2. The zero-order valence-corrected chi connectivity index (χ0v) is 15.0. The van der Waals surface area contributed by atoms with Crippen molar-refractivity contribution in [3.05, 3.63) is 60.2 Å². The number of carbonyl (C=O) groups excluding carboxylic acids is 1. The van der Waals surface area contributed by atoms with Crippen LogP contribution >= 0.6 is 0 Å². The topological polar surface area (TPSA) is 87.4 Å². The Morgan fingerprint density at radius 2 is 1.67 bits per heavy atom. The molecule has 0 saturated carbocycles. The number of piperazine rings is 1. The van der Waals surface area contributed by atoms with E-state index in [1.807, 2.05) is 6.07 Å². The molecule has 3 heterocycles. The summed E-state index contributed by atoms with van der Waals surface area (Å²) in [7, 11) is 0. The zero-order chi connectivity index (χ0) is 18.6. The fraction of sp³-hybridized carbons (Fsp3) is 0.263. The molecule has 1 aromatic carbocycles. The van der Waals surface area contributed by atoms with Crippen LogP contribution < -0.4 is 15.1 Å². The van der Waals surface area contributed by atoms with Crippen molar-refractivity contribution in [1.29, 1.82) is 0 Å². The van der Waals surface area contributed by atoms with Gasteiger partial charge in [0.15, 0.2) is 0 Å². The van der Waals surface area contributed by atoms with Crippen LogP contribution in [-0.4, -0.2) is 47.2 Å². The van der Waals surface area contributed by atoms with Crippen molar-refractivity contribution in [1.82, 2.24) is 15.1 Å². The summed E-state index contributed by atoms with van der Waals surface area (Å²) in [5, 5.41) is 6.36. The average molecular weight is 364 g/mol. The minimum absolute atomic E-state index is 0.290. The molecule has 1 aliphatic rings. The first kappa shape index (κ1) is 17.0. The fourth-order valence-electron chi connectivity index (χ4n) is 3.07. The van der Waals surface area contributed by atoms with Crippen molar-refractivity contribution in [2.75, 3.05) is 41.3 Å². The molecular weight excluding hydrogens is 344 g/mol. The first-order valence-electron chi connectivity index (χ1n) is 8.80. The maximum absolute atomic E-state index is 12.2. The van der Waals surface area contributed by atoms with E-state index in [-0.39, 0.29) is 5.91 Å². The first-order valence-corrected chi connectivity index (χ1v) is 8.80. The molecule has 0 spiro atoms. The molecule has 8 nitrogen and oxygen atoms in total. The molecule has 1 saturated heterocycles. The van der Waals surface area contributed by atoms with Gasteiger partial charge in [0.2, 0.25) is 5.95 Å². The average Bonchev–Trinajstić information content (AvgIpc) is 3.15. The van der Waals surface area contributed by atoms with Gasteiger partial charge in [-0.15, -0.1) is 0 Å². The van der Waals surface area contributed by atoms with E-state index in [0.29, 0.717) is 23.0 Å². The van der Waals surface area contributed by atoms with Crippen LogP contribution in [-0.2, 0) is 0 Å². The Bertz CT molecular complexity index is 901. The molecule has 27 heavy (non-hydrogen) atoms. The van der Waals surface area contributed by atoms with Gasteiger partial charge in [-0.05, 0) is 19.1 Å². The number of carbonyl (C=O) groups is 1. The van der Waals surface area contributed by atoms with Crippen molar-refractivity contribution < 1.29 is 9.32 Å². The van der Waals surface area contributed by atoms with E-state index in [0.717, 1.165) is 26.2 Å². The lowest BCUT2D eigenvalue weighted by Crippen LogP contribution is -2.47. The van der Waals surface area contributed by atoms with Crippen LogP contribution in [0.1, 0.15) is 16.1 Å². The van der Waals surface area contributed by atoms with Gasteiger partial charge in [-0.3, -0.25) is 4.79 Å². The molecule has 3 aromatic rings. The Balaban J connectivity index is 1.36. The summed E-state index contributed by atoms with van der Waals surface area (Å²) in [5.41, 5.74) is 2.17. The summed E-state index contributed by atoms with van der Waals surface area (Å²) in [5.74, 6) is 0.852. The molecule has 1 aliphatic heterocycles. The Hall–Kier alpha value is -3.42. The molecule has 0 unspecified atom stereocenters. The predicted molar refractivity (Wildman–Crippen MR) is 102 cm³/mol. The first-order chi connectivity index (χ1) is 13.2. The SMILES string of the molecule is Cc1oncc1C(=O)Nc1cnc(N2CCN(c3ccccc3)CC2)nc1. The van der Waals surface area contributed by atoms with Crippen LogP contribution in [0.4, 0.5) is 17.3 Å². The second-order valence-corrected chi connectivity index (χ2v) is 6.33. The number of amides is 1. The summed E-state index contributed by atoms with van der Waals surface area (Å²) < 4.78 is 4.91. The van der Waals surface area contributed by atoms with Crippen molar-refractivity contribution in [2.24, 2.45) is 0 Å². The molecule has 138 valence electrons. The smallest absolute Gasteiger partial charge is 0.260 e. The van der Waals surface area contributed by atoms with Crippen LogP contribution in [0.3, 0.4) is 0 Å². The summed E-state index contributed by atoms with van der Waals surface area (Å²) in [4.78, 5) is 25.5. The summed E-state index contributed by atoms with van der Waals surface area (Å²) in [6.07, 6.45) is 4.63. The van der Waals surface area contributed by atoms with Crippen LogP contribution in [0.5, 0.6) is 0 Å². The van der Waals surface area contributed by atoms with Crippen LogP contribution in [0, 0.1) is 6.92 Å². The molecule has 8 heteroatoms. The molecule has 1 N–H and O–H groups in total. The minimum Gasteiger partial charge on any atom is -0.368 e. The molecule has 0 bridgehead atoms. The summed E-state index contributed by atoms with van der Waals surface area (Å²) in [6.45, 7) is 5.22. The van der Waals surface area contributed by atoms with Gasteiger partial charge < -0.3 is 19.6 Å². The number of nitrogens with zero attached hydrogens (tertiary/aromatic N) is 5. The Morgan fingerprint density at radius 3 is 2.30 bits per heavy atom. The van der Waals surface area contributed by atoms with Crippen LogP contribution in [0.25, 0.3) is 0 Å². The van der Waals surface area contributed by atoms with E-state index in [1.54, 1.807) is 19.3 Å². The van der Waals surface area contributed by atoms with Gasteiger partial charge in [-0.2, -0.15) is 0 Å².